The Balaban J connectivity index is 2.94. The molecule has 0 aliphatic carbocycles. The minimum Gasteiger partial charge on any atom is -0.252 e. The van der Waals surface area contributed by atoms with Crippen molar-refractivity contribution in [3.05, 3.63) is 54.9 Å². The predicted molar refractivity (Wildman–Crippen MR) is 53.3 cm³/mol. The Morgan fingerprint density at radius 3 is 2.62 bits per heavy atom. The van der Waals surface area contributed by atoms with Crippen molar-refractivity contribution >= 4 is 10.9 Å². The molecule has 1 heteroatoms. The molecule has 1 heterocycles. The monoisotopic (exact) mass is 167 g/mol. The van der Waals surface area contributed by atoms with Crippen molar-refractivity contribution in [1.82, 2.24) is 4.98 Å². The zero-order chi connectivity index (χ0) is 9.42. The normalized spacial score (nSPS) is 10.7. The van der Waals surface area contributed by atoms with Gasteiger partial charge in [0, 0.05) is 24.9 Å². The zero-order valence-electron chi connectivity index (χ0n) is 7.41. The average molecular weight is 167 g/mol. The van der Waals surface area contributed by atoms with Crippen molar-refractivity contribution in [2.24, 2.45) is 0 Å². The van der Waals surface area contributed by atoms with Crippen LogP contribution in [-0.4, -0.2) is 4.98 Å². The molecule has 0 unspecified atom stereocenters. The Labute approximate surface area is 78.4 Å². The van der Waals surface area contributed by atoms with Crippen LogP contribution in [0.5, 0.6) is 0 Å². The highest BCUT2D eigenvalue weighted by Crippen LogP contribution is 2.20. The highest BCUT2D eigenvalue weighted by atomic mass is 14.7. The van der Waals surface area contributed by atoms with Crippen LogP contribution >= 0.6 is 0 Å². The van der Waals surface area contributed by atoms with E-state index < -0.39 is 0 Å². The maximum absolute atomic E-state index is 5.76. The van der Waals surface area contributed by atoms with Crippen molar-refractivity contribution in [2.45, 2.75) is 6.92 Å². The SMILES string of the molecule is [CH]c1nc2ccccc2c(C)c1[CH]. The summed E-state index contributed by atoms with van der Waals surface area (Å²) in [6.07, 6.45) is 0. The molecule has 0 fully saturated rings. The molecule has 0 N–H and O–H groups in total. The molecule has 2 aromatic rings. The van der Waals surface area contributed by atoms with E-state index in [2.05, 4.69) is 4.98 Å². The van der Waals surface area contributed by atoms with Crippen LogP contribution in [0.3, 0.4) is 0 Å². The molecule has 62 valence electrons. The number of aromatic nitrogens is 1. The van der Waals surface area contributed by atoms with Crippen molar-refractivity contribution in [1.29, 1.82) is 0 Å². The lowest BCUT2D eigenvalue weighted by Crippen LogP contribution is -1.92. The number of hydrogen-bond donors (Lipinski definition) is 0. The highest BCUT2D eigenvalue weighted by Gasteiger charge is 2.03. The van der Waals surface area contributed by atoms with Gasteiger partial charge in [0.1, 0.15) is 0 Å². The third-order valence-electron chi connectivity index (χ3n) is 2.23. The minimum absolute atomic E-state index is 0.413. The summed E-state index contributed by atoms with van der Waals surface area (Å²) >= 11 is 0. The van der Waals surface area contributed by atoms with Crippen LogP contribution in [-0.2, 0) is 0 Å². The summed E-state index contributed by atoms with van der Waals surface area (Å²) in [7, 11) is 0. The van der Waals surface area contributed by atoms with Gasteiger partial charge in [-0.2, -0.15) is 0 Å². The largest absolute Gasteiger partial charge is 0.252 e. The fourth-order valence-electron chi connectivity index (χ4n) is 1.42. The van der Waals surface area contributed by atoms with Gasteiger partial charge in [-0.3, -0.25) is 4.98 Å². The van der Waals surface area contributed by atoms with Gasteiger partial charge >= 0.3 is 0 Å². The number of rotatable bonds is 0. The molecule has 0 bridgehead atoms. The third-order valence-corrected chi connectivity index (χ3v) is 2.23. The lowest BCUT2D eigenvalue weighted by Gasteiger charge is -2.07. The van der Waals surface area contributed by atoms with Gasteiger partial charge in [0.25, 0.3) is 0 Å². The van der Waals surface area contributed by atoms with E-state index >= 15 is 0 Å². The van der Waals surface area contributed by atoms with Crippen LogP contribution in [0.4, 0.5) is 0 Å². The van der Waals surface area contributed by atoms with Crippen molar-refractivity contribution < 1.29 is 0 Å². The number of para-hydroxylation sites is 1. The van der Waals surface area contributed by atoms with E-state index in [0.717, 1.165) is 16.5 Å². The molecule has 0 saturated heterocycles. The molecule has 1 nitrogen and oxygen atoms in total. The van der Waals surface area contributed by atoms with Gasteiger partial charge in [-0.15, -0.1) is 0 Å². The maximum atomic E-state index is 5.76. The first-order valence-electron chi connectivity index (χ1n) is 4.10. The van der Waals surface area contributed by atoms with Crippen molar-refractivity contribution in [3.8, 4) is 0 Å². The van der Waals surface area contributed by atoms with Gasteiger partial charge in [-0.1, -0.05) is 18.2 Å². The molecule has 1 aromatic carbocycles. The molecule has 2 rings (SSSR count). The summed E-state index contributed by atoms with van der Waals surface area (Å²) in [5, 5.41) is 1.06. The Kier molecular flexibility index (Phi) is 1.80. The minimum atomic E-state index is 0.413. The summed E-state index contributed by atoms with van der Waals surface area (Å²) in [5.74, 6) is 0. The number of fused-ring (bicyclic) bond motifs is 1. The van der Waals surface area contributed by atoms with Gasteiger partial charge < -0.3 is 0 Å². The van der Waals surface area contributed by atoms with Gasteiger partial charge in [0.15, 0.2) is 0 Å². The van der Waals surface area contributed by atoms with Crippen LogP contribution < -0.4 is 0 Å². The molecule has 0 atom stereocenters. The molecule has 0 spiro atoms. The summed E-state index contributed by atoms with van der Waals surface area (Å²) in [4.78, 5) is 4.19. The van der Waals surface area contributed by atoms with Gasteiger partial charge in [-0.05, 0) is 24.1 Å². The Hall–Kier alpha value is -1.37. The van der Waals surface area contributed by atoms with Gasteiger partial charge in [-0.25, -0.2) is 0 Å². The lowest BCUT2D eigenvalue weighted by molar-refractivity contribution is 1.27. The highest BCUT2D eigenvalue weighted by molar-refractivity contribution is 5.83. The molecule has 0 saturated carbocycles. The van der Waals surface area contributed by atoms with Crippen LogP contribution in [0.1, 0.15) is 16.8 Å². The van der Waals surface area contributed by atoms with E-state index in [9.17, 15) is 0 Å². The van der Waals surface area contributed by atoms with Crippen LogP contribution in [0.25, 0.3) is 10.9 Å². The Bertz CT molecular complexity index is 458. The van der Waals surface area contributed by atoms with Crippen molar-refractivity contribution in [3.63, 3.8) is 0 Å². The first-order chi connectivity index (χ1) is 6.20. The van der Waals surface area contributed by atoms with E-state index in [1.807, 2.05) is 31.2 Å². The fourth-order valence-corrected chi connectivity index (χ4v) is 1.42. The number of hydrogen-bond acceptors (Lipinski definition) is 1. The lowest BCUT2D eigenvalue weighted by atomic mass is 10.0. The standard InChI is InChI=1S/C12H9N/c1-8-9(2)11-6-4-5-7-12(11)13-10(8)3/h1,3-7H,2H3. The second-order valence-electron chi connectivity index (χ2n) is 3.05. The van der Waals surface area contributed by atoms with E-state index in [1.54, 1.807) is 0 Å². The molecule has 13 heavy (non-hydrogen) atoms. The molecule has 0 amide bonds. The average Bonchev–Trinajstić information content (AvgIpc) is 2.15. The predicted octanol–water partition coefficient (Wildman–Crippen LogP) is 2.66. The van der Waals surface area contributed by atoms with Gasteiger partial charge in [0.05, 0.1) is 5.52 Å². The first kappa shape index (κ1) is 8.24. The first-order valence-corrected chi connectivity index (χ1v) is 4.10. The van der Waals surface area contributed by atoms with Crippen LogP contribution in [0.2, 0.25) is 0 Å². The topological polar surface area (TPSA) is 12.9 Å². The third kappa shape index (κ3) is 1.21. The Morgan fingerprint density at radius 2 is 1.85 bits per heavy atom. The molecular formula is C12H9N. The summed E-state index contributed by atoms with van der Waals surface area (Å²) < 4.78 is 0. The van der Waals surface area contributed by atoms with E-state index in [0.29, 0.717) is 11.3 Å². The molecular weight excluding hydrogens is 158 g/mol. The fraction of sp³-hybridized carbons (Fsp3) is 0.0833. The van der Waals surface area contributed by atoms with Crippen LogP contribution in [0.15, 0.2) is 24.3 Å². The number of benzene rings is 1. The second-order valence-corrected chi connectivity index (χ2v) is 3.05. The van der Waals surface area contributed by atoms with E-state index in [1.165, 1.54) is 0 Å². The molecule has 4 radical (unpaired) electrons. The van der Waals surface area contributed by atoms with E-state index in [4.69, 9.17) is 13.8 Å². The smallest absolute Gasteiger partial charge is 0.0708 e. The number of aryl methyl sites for hydroxylation is 1. The molecule has 0 aliphatic rings. The summed E-state index contributed by atoms with van der Waals surface area (Å²) in [6, 6.07) is 7.82. The molecule has 0 aliphatic heterocycles. The maximum Gasteiger partial charge on any atom is 0.0708 e. The Morgan fingerprint density at radius 1 is 1.15 bits per heavy atom. The molecule has 1 aromatic heterocycles. The number of pyridine rings is 1. The summed E-state index contributed by atoms with van der Waals surface area (Å²) in [5.41, 5.74) is 2.89. The van der Waals surface area contributed by atoms with Crippen molar-refractivity contribution in [2.75, 3.05) is 0 Å². The quantitative estimate of drug-likeness (QED) is 0.587. The van der Waals surface area contributed by atoms with Gasteiger partial charge in [0.2, 0.25) is 0 Å². The zero-order valence-corrected chi connectivity index (χ0v) is 7.41. The number of nitrogens with zero attached hydrogens (tertiary/aromatic N) is 1. The second kappa shape index (κ2) is 2.84. The van der Waals surface area contributed by atoms with E-state index in [-0.39, 0.29) is 0 Å². The summed E-state index contributed by atoms with van der Waals surface area (Å²) in [6.45, 7) is 13.4. The van der Waals surface area contributed by atoms with Crippen LogP contribution in [0, 0.1) is 20.8 Å².